The lowest BCUT2D eigenvalue weighted by Gasteiger charge is -2.43. The largest absolute Gasteiger partial charge is 0.406 e. The first-order valence-electron chi connectivity index (χ1n) is 10.9. The van der Waals surface area contributed by atoms with Crippen LogP contribution in [0.25, 0.3) is 0 Å². The fraction of sp³-hybridized carbons (Fsp3) is 0.545. The molecule has 0 saturated carbocycles. The summed E-state index contributed by atoms with van der Waals surface area (Å²) in [5.41, 5.74) is 4.77. The molecule has 2 saturated heterocycles. The van der Waals surface area contributed by atoms with Gasteiger partial charge in [0.05, 0.1) is 12.1 Å². The van der Waals surface area contributed by atoms with E-state index in [9.17, 15) is 22.8 Å². The number of hydrogen-bond donors (Lipinski definition) is 1. The molecular weight excluding hydrogens is 445 g/mol. The van der Waals surface area contributed by atoms with Crippen molar-refractivity contribution in [2.75, 3.05) is 19.6 Å². The summed E-state index contributed by atoms with van der Waals surface area (Å²) >= 11 is 5.99. The number of rotatable bonds is 6. The highest BCUT2D eigenvalue weighted by atomic mass is 35.5. The van der Waals surface area contributed by atoms with Gasteiger partial charge in [-0.1, -0.05) is 43.5 Å². The average Bonchev–Trinajstić information content (AvgIpc) is 3.32. The number of carbonyl (C=O) groups is 2. The normalized spacial score (nSPS) is 26.1. The minimum absolute atomic E-state index is 0.000822. The molecule has 0 radical (unpaired) electrons. The number of likely N-dealkylation sites (tertiary alicyclic amines) is 1. The third kappa shape index (κ3) is 4.59. The summed E-state index contributed by atoms with van der Waals surface area (Å²) in [7, 11) is 0. The van der Waals surface area contributed by atoms with Crippen molar-refractivity contribution in [3.05, 3.63) is 46.6 Å². The second-order valence-electron chi connectivity index (χ2n) is 8.51. The summed E-state index contributed by atoms with van der Waals surface area (Å²) in [6, 6.07) is 6.18. The molecule has 3 atom stereocenters. The van der Waals surface area contributed by atoms with E-state index < -0.39 is 24.7 Å². The molecule has 3 aliphatic rings. The predicted octanol–water partition coefficient (Wildman–Crippen LogP) is 3.65. The fourth-order valence-electron chi connectivity index (χ4n) is 4.66. The Kier molecular flexibility index (Phi) is 6.40. The number of halogens is 4. The summed E-state index contributed by atoms with van der Waals surface area (Å²) < 4.78 is 38.5. The molecule has 3 unspecified atom stereocenters. The molecular formula is C22H26ClF3N4O2. The topological polar surface area (TPSA) is 55.9 Å². The summed E-state index contributed by atoms with van der Waals surface area (Å²) in [4.78, 5) is 28.4. The van der Waals surface area contributed by atoms with Crippen LogP contribution in [0.2, 0.25) is 5.02 Å². The summed E-state index contributed by atoms with van der Waals surface area (Å²) in [5.74, 6) is -0.951. The van der Waals surface area contributed by atoms with Crippen molar-refractivity contribution >= 4 is 23.4 Å². The summed E-state index contributed by atoms with van der Waals surface area (Å²) in [5, 5.41) is 2.49. The molecule has 0 spiro atoms. The molecule has 1 N–H and O–H groups in total. The van der Waals surface area contributed by atoms with Crippen LogP contribution in [0.5, 0.6) is 0 Å². The van der Waals surface area contributed by atoms with Gasteiger partial charge in [0, 0.05) is 18.1 Å². The Labute approximate surface area is 189 Å². The number of unbranched alkanes of at least 4 members (excludes halogenated alkanes) is 1. The van der Waals surface area contributed by atoms with E-state index in [1.165, 1.54) is 4.90 Å². The lowest BCUT2D eigenvalue weighted by Crippen LogP contribution is -2.60. The predicted molar refractivity (Wildman–Crippen MR) is 113 cm³/mol. The number of carbonyl (C=O) groups excluding carboxylic acids is 2. The number of nitrogens with zero attached hydrogens (tertiary/aromatic N) is 3. The van der Waals surface area contributed by atoms with E-state index in [-0.39, 0.29) is 31.0 Å². The third-order valence-electron chi connectivity index (χ3n) is 6.25. The first kappa shape index (κ1) is 22.9. The van der Waals surface area contributed by atoms with Gasteiger partial charge in [0.15, 0.2) is 0 Å². The number of nitrogens with one attached hydrogen (secondary N) is 1. The van der Waals surface area contributed by atoms with Crippen LogP contribution in [-0.2, 0) is 9.59 Å². The molecule has 1 aromatic carbocycles. The van der Waals surface area contributed by atoms with Crippen molar-refractivity contribution < 1.29 is 22.8 Å². The van der Waals surface area contributed by atoms with Gasteiger partial charge >= 0.3 is 6.18 Å². The van der Waals surface area contributed by atoms with Gasteiger partial charge in [-0.3, -0.25) is 14.6 Å². The molecule has 3 aliphatic heterocycles. The van der Waals surface area contributed by atoms with Crippen LogP contribution in [0.4, 0.5) is 13.2 Å². The average molecular weight is 471 g/mol. The molecule has 32 heavy (non-hydrogen) atoms. The van der Waals surface area contributed by atoms with E-state index in [2.05, 4.69) is 12.3 Å². The Bertz CT molecular complexity index is 905. The molecule has 4 rings (SSSR count). The van der Waals surface area contributed by atoms with Crippen molar-refractivity contribution in [2.24, 2.45) is 0 Å². The fourth-order valence-corrected chi connectivity index (χ4v) is 4.79. The lowest BCUT2D eigenvalue weighted by atomic mass is 10.0. The SMILES string of the molecule is CCCCC1CN(C2CCN(CC(F)(F)F)C2=O)C(=O)C2=CC(c3ccc(Cl)cc3)NN21. The minimum Gasteiger partial charge on any atom is -0.332 e. The second kappa shape index (κ2) is 8.94. The number of benzene rings is 1. The maximum Gasteiger partial charge on any atom is 0.406 e. The number of hydrazine groups is 1. The number of amides is 2. The molecule has 2 amide bonds. The van der Waals surface area contributed by atoms with E-state index in [0.717, 1.165) is 29.7 Å². The number of alkyl halides is 3. The molecule has 2 fully saturated rings. The van der Waals surface area contributed by atoms with Crippen molar-refractivity contribution in [3.63, 3.8) is 0 Å². The van der Waals surface area contributed by atoms with E-state index in [1.54, 1.807) is 12.1 Å². The highest BCUT2D eigenvalue weighted by molar-refractivity contribution is 6.30. The Morgan fingerprint density at radius 1 is 1.19 bits per heavy atom. The number of hydrogen-bond acceptors (Lipinski definition) is 4. The smallest absolute Gasteiger partial charge is 0.332 e. The monoisotopic (exact) mass is 470 g/mol. The standard InChI is InChI=1S/C22H26ClF3N4O2/c1-2-3-4-16-12-29(18-9-10-28(20(18)31)13-22(24,25)26)21(32)19-11-17(27-30(16)19)14-5-7-15(23)8-6-14/h5-8,11,16-18,27H,2-4,9-10,12-13H2,1H3. The first-order chi connectivity index (χ1) is 15.2. The summed E-state index contributed by atoms with van der Waals surface area (Å²) in [6.45, 7) is 1.10. The quantitative estimate of drug-likeness (QED) is 0.689. The van der Waals surface area contributed by atoms with Crippen molar-refractivity contribution in [1.82, 2.24) is 20.2 Å². The highest BCUT2D eigenvalue weighted by Gasteiger charge is 2.48. The molecule has 174 valence electrons. The highest BCUT2D eigenvalue weighted by Crippen LogP contribution is 2.35. The van der Waals surface area contributed by atoms with Crippen LogP contribution >= 0.6 is 11.6 Å². The zero-order chi connectivity index (χ0) is 23.0. The molecule has 1 aromatic rings. The van der Waals surface area contributed by atoms with Gasteiger partial charge in [-0.15, -0.1) is 0 Å². The zero-order valence-corrected chi connectivity index (χ0v) is 18.5. The summed E-state index contributed by atoms with van der Waals surface area (Å²) in [6.07, 6.45) is 0.278. The van der Waals surface area contributed by atoms with Crippen LogP contribution in [0, 0.1) is 0 Å². The van der Waals surface area contributed by atoms with Crippen LogP contribution in [-0.4, -0.2) is 64.5 Å². The minimum atomic E-state index is -4.46. The maximum atomic E-state index is 13.3. The van der Waals surface area contributed by atoms with Gasteiger partial charge in [-0.25, -0.2) is 5.43 Å². The Balaban J connectivity index is 1.57. The van der Waals surface area contributed by atoms with Gasteiger partial charge in [0.2, 0.25) is 5.91 Å². The molecule has 10 heteroatoms. The van der Waals surface area contributed by atoms with Gasteiger partial charge in [0.25, 0.3) is 5.91 Å². The molecule has 0 aromatic heterocycles. The molecule has 3 heterocycles. The van der Waals surface area contributed by atoms with Crippen molar-refractivity contribution in [2.45, 2.75) is 56.9 Å². The Hall–Kier alpha value is -2.26. The van der Waals surface area contributed by atoms with E-state index in [4.69, 9.17) is 11.6 Å². The Morgan fingerprint density at radius 2 is 1.91 bits per heavy atom. The van der Waals surface area contributed by atoms with Crippen LogP contribution in [0.15, 0.2) is 36.0 Å². The first-order valence-corrected chi connectivity index (χ1v) is 11.2. The zero-order valence-electron chi connectivity index (χ0n) is 17.7. The van der Waals surface area contributed by atoms with Gasteiger partial charge < -0.3 is 9.80 Å². The van der Waals surface area contributed by atoms with Gasteiger partial charge in [0.1, 0.15) is 18.3 Å². The van der Waals surface area contributed by atoms with E-state index in [0.29, 0.717) is 17.3 Å². The van der Waals surface area contributed by atoms with Gasteiger partial charge in [-0.2, -0.15) is 13.2 Å². The lowest BCUT2D eigenvalue weighted by molar-refractivity contribution is -0.160. The van der Waals surface area contributed by atoms with Crippen LogP contribution in [0.3, 0.4) is 0 Å². The van der Waals surface area contributed by atoms with E-state index >= 15 is 0 Å². The molecule has 6 nitrogen and oxygen atoms in total. The van der Waals surface area contributed by atoms with Crippen molar-refractivity contribution in [3.8, 4) is 0 Å². The number of piperazine rings is 1. The van der Waals surface area contributed by atoms with Crippen LogP contribution in [0.1, 0.15) is 44.2 Å². The van der Waals surface area contributed by atoms with Crippen LogP contribution < -0.4 is 5.43 Å². The van der Waals surface area contributed by atoms with E-state index in [1.807, 2.05) is 23.2 Å². The maximum absolute atomic E-state index is 13.3. The second-order valence-corrected chi connectivity index (χ2v) is 8.95. The van der Waals surface area contributed by atoms with Gasteiger partial charge in [-0.05, 0) is 36.6 Å². The molecule has 0 bridgehead atoms. The Morgan fingerprint density at radius 3 is 2.56 bits per heavy atom. The van der Waals surface area contributed by atoms with Crippen molar-refractivity contribution in [1.29, 1.82) is 0 Å². The number of fused-ring (bicyclic) bond motifs is 1. The molecule has 0 aliphatic carbocycles. The third-order valence-corrected chi connectivity index (χ3v) is 6.50.